The van der Waals surface area contributed by atoms with Gasteiger partial charge in [-0.2, -0.15) is 0 Å². The number of fused-ring (bicyclic) bond motifs is 3. The molecule has 9 aromatic rings. The van der Waals surface area contributed by atoms with E-state index in [1.54, 1.807) is 0 Å². The predicted molar refractivity (Wildman–Crippen MR) is 441 cm³/mol. The van der Waals surface area contributed by atoms with Crippen molar-refractivity contribution < 1.29 is 0 Å². The van der Waals surface area contributed by atoms with Crippen LogP contribution in [0.2, 0.25) is 0 Å². The van der Waals surface area contributed by atoms with Crippen molar-refractivity contribution >= 4 is 68.2 Å². The molecule has 15 rings (SSSR count). The molecule has 0 spiro atoms. The molecule has 102 heavy (non-hydrogen) atoms. The fraction of sp³-hybridized carbons (Fsp3) is 0.333. The van der Waals surface area contributed by atoms with Crippen LogP contribution in [0.4, 0.5) is 68.2 Å². The van der Waals surface area contributed by atoms with Gasteiger partial charge in [-0.3, -0.25) is 0 Å². The number of aryl methyl sites for hydroxylation is 6. The van der Waals surface area contributed by atoms with Crippen LogP contribution in [0, 0.1) is 41.5 Å². The molecule has 0 radical (unpaired) electrons. The number of benzene rings is 9. The minimum absolute atomic E-state index is 0.341. The van der Waals surface area contributed by atoms with Crippen LogP contribution in [-0.4, -0.2) is 91.0 Å². The fourth-order valence-electron chi connectivity index (χ4n) is 15.2. The Hall–Kier alpha value is -10.2. The van der Waals surface area contributed by atoms with Gasteiger partial charge in [0.2, 0.25) is 0 Å². The largest absolute Gasteiger partial charge is 0.359 e. The van der Waals surface area contributed by atoms with Crippen LogP contribution in [0.3, 0.4) is 0 Å². The molecular weight excluding hydrogens is 1250 g/mol. The van der Waals surface area contributed by atoms with Crippen molar-refractivity contribution in [2.75, 3.05) is 71.3 Å². The van der Waals surface area contributed by atoms with E-state index >= 15 is 0 Å². The number of hydrogen-bond acceptors (Lipinski definition) is 12. The minimum atomic E-state index is 0.341. The molecule has 0 aromatic heterocycles. The van der Waals surface area contributed by atoms with Gasteiger partial charge in [-0.15, -0.1) is 0 Å². The highest BCUT2D eigenvalue weighted by atomic mass is 15.4. The number of nitrogens with zero attached hydrogens (tertiary/aromatic N) is 12. The van der Waals surface area contributed by atoms with Gasteiger partial charge in [0.25, 0.3) is 0 Å². The lowest BCUT2D eigenvalue weighted by atomic mass is 10.1. The van der Waals surface area contributed by atoms with Crippen LogP contribution < -0.4 is 44.1 Å². The van der Waals surface area contributed by atoms with Gasteiger partial charge in [-0.25, -0.2) is 0 Å². The zero-order chi connectivity index (χ0) is 73.1. The quantitative estimate of drug-likeness (QED) is 0.131. The van der Waals surface area contributed by atoms with Crippen molar-refractivity contribution in [3.05, 3.63) is 289 Å². The third kappa shape index (κ3) is 15.8. The summed E-state index contributed by atoms with van der Waals surface area (Å²) in [5, 5.41) is 0. The molecule has 0 bridgehead atoms. The lowest BCUT2D eigenvalue weighted by molar-refractivity contribution is 0.263. The highest BCUT2D eigenvalue weighted by molar-refractivity contribution is 5.87. The van der Waals surface area contributed by atoms with E-state index in [4.69, 9.17) is 0 Å². The molecule has 6 aliphatic heterocycles. The summed E-state index contributed by atoms with van der Waals surface area (Å²) in [5.74, 6) is 0. The fourth-order valence-corrected chi connectivity index (χ4v) is 15.2. The third-order valence-electron chi connectivity index (χ3n) is 21.1. The van der Waals surface area contributed by atoms with Gasteiger partial charge in [0.15, 0.2) is 0 Å². The maximum atomic E-state index is 2.49. The van der Waals surface area contributed by atoms with Gasteiger partial charge in [0, 0.05) is 111 Å². The SMILES string of the molecule is CCN1C=CN(c2ccccc2C)[C@@H]1C.CCN1c2ccccc2N(c2ccccc2C)[C@@H]1C.Cc1ccccc1N1C=CN(C(C)C)[C@H]1C.Cc1ccccc1N1C=CN(C)[C@H]1C.Cc1ccccc1N1c2ccccc2N(C(C)C)[C@H]1C.Cc1ccccc1N1c2ccccc2N(C)[C@H]1C. The Morgan fingerprint density at radius 3 is 0.951 bits per heavy atom. The van der Waals surface area contributed by atoms with Gasteiger partial charge < -0.3 is 58.8 Å². The first kappa shape index (κ1) is 74.5. The molecule has 6 heterocycles. The first-order chi connectivity index (χ1) is 49.1. The van der Waals surface area contributed by atoms with Crippen molar-refractivity contribution in [2.45, 2.75) is 174 Å². The van der Waals surface area contributed by atoms with E-state index in [2.05, 4.69) is 453 Å². The summed E-state index contributed by atoms with van der Waals surface area (Å²) in [7, 11) is 4.25. The van der Waals surface area contributed by atoms with Crippen LogP contribution in [0.1, 0.15) is 116 Å². The second-order valence-corrected chi connectivity index (χ2v) is 28.1. The van der Waals surface area contributed by atoms with Crippen molar-refractivity contribution in [2.24, 2.45) is 0 Å². The summed E-state index contributed by atoms with van der Waals surface area (Å²) in [4.78, 5) is 28.4. The van der Waals surface area contributed by atoms with Crippen molar-refractivity contribution in [3.63, 3.8) is 0 Å². The van der Waals surface area contributed by atoms with Crippen LogP contribution in [0.5, 0.6) is 0 Å². The van der Waals surface area contributed by atoms with E-state index in [9.17, 15) is 0 Å². The molecule has 12 heteroatoms. The minimum Gasteiger partial charge on any atom is -0.359 e. The first-order valence-electron chi connectivity index (χ1n) is 37.0. The Bertz CT molecular complexity index is 4310. The maximum Gasteiger partial charge on any atom is 0.104 e. The molecule has 0 unspecified atom stereocenters. The average Bonchev–Trinajstić information content (AvgIpc) is 1.62. The normalized spacial score (nSPS) is 18.9. The van der Waals surface area contributed by atoms with E-state index in [-0.39, 0.29) is 0 Å². The molecule has 0 fully saturated rings. The van der Waals surface area contributed by atoms with E-state index in [0.29, 0.717) is 49.1 Å². The Morgan fingerprint density at radius 1 is 0.275 bits per heavy atom. The highest BCUT2D eigenvalue weighted by Gasteiger charge is 2.37. The monoisotopic (exact) mass is 1360 g/mol. The lowest BCUT2D eigenvalue weighted by Crippen LogP contribution is -2.42. The highest BCUT2D eigenvalue weighted by Crippen LogP contribution is 2.48. The lowest BCUT2D eigenvalue weighted by Gasteiger charge is -2.33. The summed E-state index contributed by atoms with van der Waals surface area (Å²) < 4.78 is 0. The number of hydrogen-bond donors (Lipinski definition) is 0. The third-order valence-corrected chi connectivity index (χ3v) is 21.1. The number of rotatable bonds is 10. The molecule has 534 valence electrons. The van der Waals surface area contributed by atoms with Gasteiger partial charge in [-0.05, 0) is 231 Å². The van der Waals surface area contributed by atoms with Crippen LogP contribution in [-0.2, 0) is 0 Å². The molecule has 0 aliphatic carbocycles. The molecule has 0 saturated carbocycles. The maximum absolute atomic E-state index is 2.49. The standard InChI is InChI=1S/C18H22N2.C17H20N2.C16H18N2.C14H20N2.C13H18N2.C12H16N2/c1-13(2)19-15(4)20(16-10-6-5-9-14(16)3)18-12-8-7-11-17(18)19;1-4-18-14(3)19(15-10-6-5-9-13(15)2)17-12-8-7-11-16(17)18;1-12-8-4-5-9-14(12)18-13(2)17(3)15-10-6-7-11-16(15)18;1-11(2)15-9-10-16(13(15)4)14-8-6-5-7-12(14)3;1-4-14-9-10-15(12(14)3)13-8-6-5-7-11(13)2;1-10-6-4-5-7-12(10)14-9-8-13(3)11(14)2/h5-13,15H,1-4H3;5-12,14H,4H2,1-3H3;4-11,13H,1-3H3;5-11,13H,1-4H3;5-10,12H,4H2,1-3H3;4-9,11H,1-3H3/t15-;14-;2*13-;12-;11-/m111111/s1. The van der Waals surface area contributed by atoms with Crippen LogP contribution in [0.25, 0.3) is 0 Å². The van der Waals surface area contributed by atoms with Gasteiger partial charge in [0.1, 0.15) is 37.0 Å². The second-order valence-electron chi connectivity index (χ2n) is 28.1. The molecule has 0 amide bonds. The Balaban J connectivity index is 0.000000132. The summed E-state index contributed by atoms with van der Waals surface area (Å²) in [6.07, 6.45) is 15.2. The molecular formula is C90H114N12. The van der Waals surface area contributed by atoms with Crippen molar-refractivity contribution in [1.82, 2.24) is 14.7 Å². The van der Waals surface area contributed by atoms with Gasteiger partial charge in [0.05, 0.1) is 34.1 Å². The van der Waals surface area contributed by atoms with Crippen LogP contribution in [0.15, 0.2) is 256 Å². The molecule has 0 saturated heterocycles. The summed E-state index contributed by atoms with van der Waals surface area (Å²) in [6, 6.07) is 78.3. The topological polar surface area (TPSA) is 38.9 Å². The van der Waals surface area contributed by atoms with E-state index in [1.165, 1.54) is 102 Å². The van der Waals surface area contributed by atoms with Crippen LogP contribution >= 0.6 is 0 Å². The van der Waals surface area contributed by atoms with Crippen molar-refractivity contribution in [3.8, 4) is 0 Å². The number of anilines is 12. The molecule has 6 aliphatic rings. The second kappa shape index (κ2) is 33.5. The Morgan fingerprint density at radius 2 is 0.588 bits per heavy atom. The summed E-state index contributed by atoms with van der Waals surface area (Å²) >= 11 is 0. The molecule has 6 atom stereocenters. The van der Waals surface area contributed by atoms with E-state index in [1.807, 2.05) is 0 Å². The Kier molecular flexibility index (Phi) is 24.5. The smallest absolute Gasteiger partial charge is 0.104 e. The Labute approximate surface area is 613 Å². The molecule has 12 nitrogen and oxygen atoms in total. The van der Waals surface area contributed by atoms with Crippen molar-refractivity contribution in [1.29, 1.82) is 0 Å². The molecule has 0 N–H and O–H groups in total. The molecule has 9 aromatic carbocycles. The van der Waals surface area contributed by atoms with Gasteiger partial charge >= 0.3 is 0 Å². The zero-order valence-electron chi connectivity index (χ0n) is 64.6. The predicted octanol–water partition coefficient (Wildman–Crippen LogP) is 21.8. The first-order valence-corrected chi connectivity index (χ1v) is 37.0. The summed E-state index contributed by atoms with van der Waals surface area (Å²) in [5.41, 5.74) is 23.6. The zero-order valence-corrected chi connectivity index (χ0v) is 64.6. The summed E-state index contributed by atoms with van der Waals surface area (Å²) in [6.45, 7) is 41.9. The van der Waals surface area contributed by atoms with E-state index < -0.39 is 0 Å². The number of para-hydroxylation sites is 12. The van der Waals surface area contributed by atoms with E-state index in [0.717, 1.165) is 13.1 Å². The van der Waals surface area contributed by atoms with Gasteiger partial charge in [-0.1, -0.05) is 146 Å². The average molecular weight is 1360 g/mol.